The van der Waals surface area contributed by atoms with Crippen molar-refractivity contribution in [2.75, 3.05) is 19.7 Å². The summed E-state index contributed by atoms with van der Waals surface area (Å²) in [6, 6.07) is 4.83. The van der Waals surface area contributed by atoms with Gasteiger partial charge in [-0.1, -0.05) is 6.07 Å². The Morgan fingerprint density at radius 2 is 2.32 bits per heavy atom. The van der Waals surface area contributed by atoms with E-state index < -0.39 is 11.7 Å². The molecule has 1 aromatic carbocycles. The second kappa shape index (κ2) is 6.87. The zero-order chi connectivity index (χ0) is 14.8. The maximum Gasteiger partial charge on any atom is 0.251 e. The third kappa shape index (κ3) is 3.27. The Morgan fingerprint density at radius 1 is 1.50 bits per heavy atom. The largest absolute Gasteiger partial charge is 0.371 e. The fourth-order valence-corrected chi connectivity index (χ4v) is 2.27. The standard InChI is InChI=1S/C14H15FN4O2.ClH/c15-11-5-9(13-7-17-3-4-21-13)1-2-12(11)19-8-10(6-18-19)14(16)20;/h1-2,5-6,8,13,17H,3-4,7H2,(H2,16,20);1H. The summed E-state index contributed by atoms with van der Waals surface area (Å²) in [7, 11) is 0. The van der Waals surface area contributed by atoms with Gasteiger partial charge in [-0.25, -0.2) is 9.07 Å². The predicted octanol–water partition coefficient (Wildman–Crippen LogP) is 1.19. The van der Waals surface area contributed by atoms with Crippen LogP contribution < -0.4 is 11.1 Å². The van der Waals surface area contributed by atoms with Crippen LogP contribution in [-0.2, 0) is 4.74 Å². The molecule has 1 saturated heterocycles. The number of aromatic nitrogens is 2. The Labute approximate surface area is 132 Å². The molecule has 6 nitrogen and oxygen atoms in total. The van der Waals surface area contributed by atoms with E-state index in [0.717, 1.165) is 12.1 Å². The molecule has 2 aromatic rings. The molecule has 1 unspecified atom stereocenters. The number of amides is 1. The summed E-state index contributed by atoms with van der Waals surface area (Å²) in [6.45, 7) is 2.07. The van der Waals surface area contributed by atoms with E-state index in [2.05, 4.69) is 10.4 Å². The minimum Gasteiger partial charge on any atom is -0.371 e. The van der Waals surface area contributed by atoms with Gasteiger partial charge in [-0.3, -0.25) is 4.79 Å². The monoisotopic (exact) mass is 326 g/mol. The maximum absolute atomic E-state index is 14.2. The first-order valence-corrected chi connectivity index (χ1v) is 6.62. The topological polar surface area (TPSA) is 82.2 Å². The van der Waals surface area contributed by atoms with Crippen molar-refractivity contribution in [1.29, 1.82) is 0 Å². The summed E-state index contributed by atoms with van der Waals surface area (Å²) in [5.74, 6) is -1.03. The van der Waals surface area contributed by atoms with Crippen molar-refractivity contribution in [2.24, 2.45) is 5.73 Å². The van der Waals surface area contributed by atoms with Crippen molar-refractivity contribution in [3.05, 3.63) is 47.5 Å². The molecule has 1 amide bonds. The number of nitrogens with two attached hydrogens (primary N) is 1. The Morgan fingerprint density at radius 3 is 2.91 bits per heavy atom. The molecule has 22 heavy (non-hydrogen) atoms. The number of benzene rings is 1. The number of hydrogen-bond acceptors (Lipinski definition) is 4. The summed E-state index contributed by atoms with van der Waals surface area (Å²) in [5.41, 5.74) is 6.42. The van der Waals surface area contributed by atoms with Crippen LogP contribution in [-0.4, -0.2) is 35.4 Å². The SMILES string of the molecule is Cl.NC(=O)c1cnn(-c2ccc(C3CNCCO3)cc2F)c1. The number of rotatable bonds is 3. The van der Waals surface area contributed by atoms with Crippen LogP contribution in [0.25, 0.3) is 5.69 Å². The van der Waals surface area contributed by atoms with Gasteiger partial charge < -0.3 is 15.8 Å². The van der Waals surface area contributed by atoms with E-state index in [-0.39, 0.29) is 29.8 Å². The Kier molecular flexibility index (Phi) is 5.12. The van der Waals surface area contributed by atoms with Crippen LogP contribution in [0.2, 0.25) is 0 Å². The summed E-state index contributed by atoms with van der Waals surface area (Å²) >= 11 is 0. The van der Waals surface area contributed by atoms with Gasteiger partial charge >= 0.3 is 0 Å². The van der Waals surface area contributed by atoms with Crippen molar-refractivity contribution < 1.29 is 13.9 Å². The van der Waals surface area contributed by atoms with E-state index in [0.29, 0.717) is 13.2 Å². The Bertz CT molecular complexity index is 671. The van der Waals surface area contributed by atoms with Crippen molar-refractivity contribution >= 4 is 18.3 Å². The van der Waals surface area contributed by atoms with Gasteiger partial charge in [0.2, 0.25) is 0 Å². The van der Waals surface area contributed by atoms with Crippen molar-refractivity contribution in [3.63, 3.8) is 0 Å². The third-order valence-corrected chi connectivity index (χ3v) is 3.39. The van der Waals surface area contributed by atoms with Crippen LogP contribution in [0.3, 0.4) is 0 Å². The second-order valence-corrected chi connectivity index (χ2v) is 4.81. The van der Waals surface area contributed by atoms with Gasteiger partial charge in [0, 0.05) is 19.3 Å². The number of ether oxygens (including phenoxy) is 1. The first-order chi connectivity index (χ1) is 10.1. The van der Waals surface area contributed by atoms with Gasteiger partial charge in [0.1, 0.15) is 11.5 Å². The lowest BCUT2D eigenvalue weighted by Gasteiger charge is -2.24. The van der Waals surface area contributed by atoms with Crippen molar-refractivity contribution in [1.82, 2.24) is 15.1 Å². The van der Waals surface area contributed by atoms with E-state index in [1.165, 1.54) is 23.1 Å². The Balaban J connectivity index is 0.00000176. The summed E-state index contributed by atoms with van der Waals surface area (Å²) in [5, 5.41) is 7.14. The van der Waals surface area contributed by atoms with E-state index in [4.69, 9.17) is 10.5 Å². The van der Waals surface area contributed by atoms with Gasteiger partial charge in [0.05, 0.1) is 24.5 Å². The highest BCUT2D eigenvalue weighted by Gasteiger charge is 2.18. The van der Waals surface area contributed by atoms with Crippen LogP contribution in [0, 0.1) is 5.82 Å². The fraction of sp³-hybridized carbons (Fsp3) is 0.286. The molecule has 0 spiro atoms. The van der Waals surface area contributed by atoms with E-state index in [1.54, 1.807) is 12.1 Å². The average Bonchev–Trinajstić information content (AvgIpc) is 2.98. The zero-order valence-corrected chi connectivity index (χ0v) is 12.5. The zero-order valence-electron chi connectivity index (χ0n) is 11.7. The quantitative estimate of drug-likeness (QED) is 0.887. The highest BCUT2D eigenvalue weighted by molar-refractivity contribution is 5.92. The van der Waals surface area contributed by atoms with Crippen molar-refractivity contribution in [3.8, 4) is 5.69 Å². The highest BCUT2D eigenvalue weighted by atomic mass is 35.5. The first-order valence-electron chi connectivity index (χ1n) is 6.62. The van der Waals surface area contributed by atoms with Gasteiger partial charge in [0.15, 0.2) is 0 Å². The molecule has 8 heteroatoms. The number of hydrogen-bond donors (Lipinski definition) is 2. The molecule has 3 N–H and O–H groups in total. The van der Waals surface area contributed by atoms with E-state index in [1.807, 2.05) is 0 Å². The molecule has 0 saturated carbocycles. The number of carbonyl (C=O) groups is 1. The normalized spacial score (nSPS) is 17.8. The molecule has 1 fully saturated rings. The summed E-state index contributed by atoms with van der Waals surface area (Å²) < 4.78 is 21.1. The lowest BCUT2D eigenvalue weighted by molar-refractivity contribution is 0.0275. The van der Waals surface area contributed by atoms with Crippen LogP contribution in [0.4, 0.5) is 4.39 Å². The number of primary amides is 1. The Hall–Kier alpha value is -1.96. The molecule has 118 valence electrons. The minimum absolute atomic E-state index is 0. The van der Waals surface area contributed by atoms with Crippen LogP contribution in [0.5, 0.6) is 0 Å². The second-order valence-electron chi connectivity index (χ2n) is 4.81. The number of carbonyl (C=O) groups excluding carboxylic acids is 1. The first kappa shape index (κ1) is 16.4. The molecule has 1 atom stereocenters. The fourth-order valence-electron chi connectivity index (χ4n) is 2.27. The predicted molar refractivity (Wildman–Crippen MR) is 80.9 cm³/mol. The molecule has 0 bridgehead atoms. The molecule has 1 aromatic heterocycles. The highest BCUT2D eigenvalue weighted by Crippen LogP contribution is 2.23. The maximum atomic E-state index is 14.2. The van der Waals surface area contributed by atoms with Gasteiger partial charge in [-0.15, -0.1) is 12.4 Å². The van der Waals surface area contributed by atoms with Crippen LogP contribution >= 0.6 is 12.4 Å². The molecule has 3 rings (SSSR count). The van der Waals surface area contributed by atoms with Gasteiger partial charge in [-0.05, 0) is 17.7 Å². The van der Waals surface area contributed by atoms with E-state index >= 15 is 0 Å². The third-order valence-electron chi connectivity index (χ3n) is 3.39. The lowest BCUT2D eigenvalue weighted by atomic mass is 10.1. The lowest BCUT2D eigenvalue weighted by Crippen LogP contribution is -2.33. The molecule has 2 heterocycles. The minimum atomic E-state index is -0.597. The molecular formula is C14H16ClFN4O2. The molecule has 0 aliphatic carbocycles. The van der Waals surface area contributed by atoms with Crippen LogP contribution in [0.1, 0.15) is 22.0 Å². The van der Waals surface area contributed by atoms with Crippen molar-refractivity contribution in [2.45, 2.75) is 6.10 Å². The number of morpholine rings is 1. The van der Waals surface area contributed by atoms with E-state index in [9.17, 15) is 9.18 Å². The average molecular weight is 327 g/mol. The molecular weight excluding hydrogens is 311 g/mol. The molecule has 0 radical (unpaired) electrons. The summed E-state index contributed by atoms with van der Waals surface area (Å²) in [6.07, 6.45) is 2.56. The summed E-state index contributed by atoms with van der Waals surface area (Å²) in [4.78, 5) is 11.0. The number of nitrogens with one attached hydrogen (secondary N) is 1. The van der Waals surface area contributed by atoms with Gasteiger partial charge in [0.25, 0.3) is 5.91 Å². The molecule has 1 aliphatic heterocycles. The molecule has 1 aliphatic rings. The number of nitrogens with zero attached hydrogens (tertiary/aromatic N) is 2. The smallest absolute Gasteiger partial charge is 0.251 e. The number of halogens is 2. The van der Waals surface area contributed by atoms with Crippen LogP contribution in [0.15, 0.2) is 30.6 Å². The van der Waals surface area contributed by atoms with Gasteiger partial charge in [-0.2, -0.15) is 5.10 Å².